The Labute approximate surface area is 157 Å². The molecule has 7 heteroatoms. The van der Waals surface area contributed by atoms with Crippen LogP contribution < -0.4 is 24.3 Å². The molecule has 1 N–H and O–H groups in total. The lowest BCUT2D eigenvalue weighted by Crippen LogP contribution is -2.45. The maximum atomic E-state index is 5.98. The van der Waals surface area contributed by atoms with Gasteiger partial charge in [-0.3, -0.25) is 0 Å². The molecule has 0 aliphatic carbocycles. The highest BCUT2D eigenvalue weighted by Crippen LogP contribution is 2.32. The van der Waals surface area contributed by atoms with Gasteiger partial charge in [0.15, 0.2) is 34.2 Å². The van der Waals surface area contributed by atoms with E-state index in [9.17, 15) is 0 Å². The third-order valence-electron chi connectivity index (χ3n) is 4.27. The topological polar surface area (TPSA) is 52.2 Å². The molecular formula is C19H20N2O4S. The van der Waals surface area contributed by atoms with Crippen LogP contribution in [0.2, 0.25) is 0 Å². The molecule has 0 amide bonds. The van der Waals surface area contributed by atoms with Crippen LogP contribution in [-0.2, 0) is 6.54 Å². The molecule has 2 aromatic rings. The van der Waals surface area contributed by atoms with Gasteiger partial charge in [-0.2, -0.15) is 0 Å². The summed E-state index contributed by atoms with van der Waals surface area (Å²) in [7, 11) is 1.94. The molecule has 0 unspecified atom stereocenters. The second kappa shape index (κ2) is 7.29. The van der Waals surface area contributed by atoms with Crippen LogP contribution in [0.4, 0.5) is 0 Å². The fourth-order valence-corrected chi connectivity index (χ4v) is 3.05. The fraction of sp³-hybridized carbons (Fsp3) is 0.316. The summed E-state index contributed by atoms with van der Waals surface area (Å²) in [5.41, 5.74) is 1.08. The Kier molecular flexibility index (Phi) is 4.71. The van der Waals surface area contributed by atoms with Crippen LogP contribution >= 0.6 is 12.2 Å². The Bertz CT molecular complexity index is 814. The number of nitrogens with one attached hydrogen (secondary N) is 1. The van der Waals surface area contributed by atoms with Crippen molar-refractivity contribution in [1.82, 2.24) is 10.2 Å². The molecule has 0 radical (unpaired) electrons. The first kappa shape index (κ1) is 16.8. The van der Waals surface area contributed by atoms with E-state index in [4.69, 9.17) is 31.2 Å². The molecular weight excluding hydrogens is 352 g/mol. The summed E-state index contributed by atoms with van der Waals surface area (Å²) in [6, 6.07) is 13.6. The Morgan fingerprint density at radius 1 is 1.08 bits per heavy atom. The summed E-state index contributed by atoms with van der Waals surface area (Å²) in [5, 5.41) is 3.92. The van der Waals surface area contributed by atoms with Gasteiger partial charge < -0.3 is 29.2 Å². The highest BCUT2D eigenvalue weighted by atomic mass is 32.1. The van der Waals surface area contributed by atoms with Crippen LogP contribution in [0.3, 0.4) is 0 Å². The van der Waals surface area contributed by atoms with Crippen molar-refractivity contribution in [1.29, 1.82) is 0 Å². The standard InChI is InChI=1S/C19H20N2O4S/c1-21(10-14-11-22-15-4-2-3-5-17(15)25-14)19(26)20-9-13-6-7-16-18(8-13)24-12-23-16/h2-8,14H,9-12H2,1H3,(H,20,26)/t14-/m1/s1. The Balaban J connectivity index is 1.28. The quantitative estimate of drug-likeness (QED) is 0.828. The molecule has 2 heterocycles. The van der Waals surface area contributed by atoms with E-state index in [1.54, 1.807) is 0 Å². The van der Waals surface area contributed by atoms with Crippen molar-refractivity contribution in [2.75, 3.05) is 27.0 Å². The third kappa shape index (κ3) is 3.62. The number of hydrogen-bond donors (Lipinski definition) is 1. The summed E-state index contributed by atoms with van der Waals surface area (Å²) in [4.78, 5) is 1.96. The summed E-state index contributed by atoms with van der Waals surface area (Å²) < 4.78 is 22.5. The zero-order valence-corrected chi connectivity index (χ0v) is 15.3. The molecule has 26 heavy (non-hydrogen) atoms. The molecule has 136 valence electrons. The molecule has 0 fully saturated rings. The van der Waals surface area contributed by atoms with E-state index in [1.165, 1.54) is 0 Å². The van der Waals surface area contributed by atoms with Gasteiger partial charge >= 0.3 is 0 Å². The molecule has 4 rings (SSSR count). The van der Waals surface area contributed by atoms with Crippen molar-refractivity contribution in [3.05, 3.63) is 48.0 Å². The van der Waals surface area contributed by atoms with Crippen molar-refractivity contribution < 1.29 is 18.9 Å². The second-order valence-corrected chi connectivity index (χ2v) is 6.61. The monoisotopic (exact) mass is 372 g/mol. The zero-order valence-electron chi connectivity index (χ0n) is 14.4. The van der Waals surface area contributed by atoms with E-state index >= 15 is 0 Å². The lowest BCUT2D eigenvalue weighted by Gasteiger charge is -2.30. The van der Waals surface area contributed by atoms with E-state index in [2.05, 4.69) is 5.32 Å². The Morgan fingerprint density at radius 3 is 2.73 bits per heavy atom. The number of thiocarbonyl (C=S) groups is 1. The smallest absolute Gasteiger partial charge is 0.231 e. The van der Waals surface area contributed by atoms with Crippen LogP contribution in [-0.4, -0.2) is 43.1 Å². The van der Waals surface area contributed by atoms with Crippen molar-refractivity contribution in [3.63, 3.8) is 0 Å². The van der Waals surface area contributed by atoms with Gasteiger partial charge in [0.2, 0.25) is 6.79 Å². The lowest BCUT2D eigenvalue weighted by molar-refractivity contribution is 0.0779. The van der Waals surface area contributed by atoms with Crippen molar-refractivity contribution >= 4 is 17.3 Å². The van der Waals surface area contributed by atoms with Crippen molar-refractivity contribution in [3.8, 4) is 23.0 Å². The minimum Gasteiger partial charge on any atom is -0.486 e. The van der Waals surface area contributed by atoms with Crippen LogP contribution in [0.15, 0.2) is 42.5 Å². The number of fused-ring (bicyclic) bond motifs is 2. The molecule has 0 spiro atoms. The largest absolute Gasteiger partial charge is 0.486 e. The average Bonchev–Trinajstić information content (AvgIpc) is 3.13. The molecule has 0 saturated heterocycles. The van der Waals surface area contributed by atoms with Gasteiger partial charge in [0, 0.05) is 13.6 Å². The number of rotatable bonds is 4. The van der Waals surface area contributed by atoms with Gasteiger partial charge in [0.05, 0.1) is 6.54 Å². The van der Waals surface area contributed by atoms with Gasteiger partial charge in [0.25, 0.3) is 0 Å². The SMILES string of the molecule is CN(C[C@@H]1COc2ccccc2O1)C(=S)NCc1ccc2c(c1)OCO2. The first-order chi connectivity index (χ1) is 12.7. The number of benzene rings is 2. The van der Waals surface area contributed by atoms with Crippen LogP contribution in [0.25, 0.3) is 0 Å². The predicted molar refractivity (Wildman–Crippen MR) is 101 cm³/mol. The Morgan fingerprint density at radius 2 is 1.85 bits per heavy atom. The van der Waals surface area contributed by atoms with Gasteiger partial charge in [0.1, 0.15) is 6.61 Å². The number of nitrogens with zero attached hydrogens (tertiary/aromatic N) is 1. The second-order valence-electron chi connectivity index (χ2n) is 6.22. The van der Waals surface area contributed by atoms with E-state index < -0.39 is 0 Å². The lowest BCUT2D eigenvalue weighted by atomic mass is 10.2. The molecule has 2 aromatic carbocycles. The normalized spacial score (nSPS) is 16.9. The summed E-state index contributed by atoms with van der Waals surface area (Å²) in [5.74, 6) is 3.12. The van der Waals surface area contributed by atoms with E-state index in [0.29, 0.717) is 24.8 Å². The van der Waals surface area contributed by atoms with E-state index in [1.807, 2.05) is 54.4 Å². The number of ether oxygens (including phenoxy) is 4. The first-order valence-corrected chi connectivity index (χ1v) is 8.86. The molecule has 0 aromatic heterocycles. The highest BCUT2D eigenvalue weighted by Gasteiger charge is 2.22. The summed E-state index contributed by atoms with van der Waals surface area (Å²) >= 11 is 5.48. The van der Waals surface area contributed by atoms with Gasteiger partial charge in [-0.05, 0) is 42.0 Å². The molecule has 0 bridgehead atoms. The molecule has 6 nitrogen and oxygen atoms in total. The van der Waals surface area contributed by atoms with Crippen LogP contribution in [0.1, 0.15) is 5.56 Å². The highest BCUT2D eigenvalue weighted by molar-refractivity contribution is 7.80. The molecule has 1 atom stereocenters. The Hall–Kier alpha value is -2.67. The summed E-state index contributed by atoms with van der Waals surface area (Å²) in [6.07, 6.45) is -0.0693. The predicted octanol–water partition coefficient (Wildman–Crippen LogP) is 2.56. The van der Waals surface area contributed by atoms with Gasteiger partial charge in [-0.15, -0.1) is 0 Å². The average molecular weight is 372 g/mol. The maximum Gasteiger partial charge on any atom is 0.231 e. The number of likely N-dealkylation sites (N-methyl/N-ethyl adjacent to an activating group) is 1. The van der Waals surface area contributed by atoms with E-state index in [0.717, 1.165) is 28.6 Å². The van der Waals surface area contributed by atoms with Gasteiger partial charge in [-0.25, -0.2) is 0 Å². The third-order valence-corrected chi connectivity index (χ3v) is 4.73. The molecule has 2 aliphatic heterocycles. The number of hydrogen-bond acceptors (Lipinski definition) is 5. The molecule has 2 aliphatic rings. The van der Waals surface area contributed by atoms with E-state index in [-0.39, 0.29) is 12.9 Å². The fourth-order valence-electron chi connectivity index (χ4n) is 2.90. The molecule has 0 saturated carbocycles. The van der Waals surface area contributed by atoms with Crippen molar-refractivity contribution in [2.24, 2.45) is 0 Å². The van der Waals surface area contributed by atoms with Crippen molar-refractivity contribution in [2.45, 2.75) is 12.6 Å². The van der Waals surface area contributed by atoms with Crippen LogP contribution in [0.5, 0.6) is 23.0 Å². The number of para-hydroxylation sites is 2. The minimum absolute atomic E-state index is 0.0693. The summed E-state index contributed by atoms with van der Waals surface area (Å²) in [6.45, 7) is 2.04. The first-order valence-electron chi connectivity index (χ1n) is 8.45. The van der Waals surface area contributed by atoms with Crippen LogP contribution in [0, 0.1) is 0 Å². The zero-order chi connectivity index (χ0) is 17.9. The maximum absolute atomic E-state index is 5.98. The minimum atomic E-state index is -0.0693. The van der Waals surface area contributed by atoms with Gasteiger partial charge in [-0.1, -0.05) is 18.2 Å².